The number of aromatic nitrogens is 4. The number of nitro groups is 1. The van der Waals surface area contributed by atoms with E-state index in [9.17, 15) is 14.9 Å². The van der Waals surface area contributed by atoms with Crippen molar-refractivity contribution in [1.82, 2.24) is 19.8 Å². The Labute approximate surface area is 162 Å². The molecule has 0 radical (unpaired) electrons. The number of nitro benzene ring substituents is 1. The van der Waals surface area contributed by atoms with E-state index < -0.39 is 10.8 Å². The summed E-state index contributed by atoms with van der Waals surface area (Å²) in [5.41, 5.74) is 2.05. The van der Waals surface area contributed by atoms with E-state index in [1.54, 1.807) is 16.6 Å². The van der Waals surface area contributed by atoms with Gasteiger partial charge in [0.25, 0.3) is 11.6 Å². The number of rotatable bonds is 4. The van der Waals surface area contributed by atoms with Gasteiger partial charge in [-0.3, -0.25) is 14.9 Å². The SMILES string of the molecule is Cc1cc(-c2nn3c(C)nnc3s2)ccc1NC(=O)c1ccccc1[N+](=O)[O-]. The second-order valence-electron chi connectivity index (χ2n) is 6.11. The van der Waals surface area contributed by atoms with Gasteiger partial charge in [-0.25, -0.2) is 0 Å². The highest BCUT2D eigenvalue weighted by atomic mass is 32.1. The number of benzene rings is 2. The van der Waals surface area contributed by atoms with Gasteiger partial charge in [-0.05, 0) is 43.7 Å². The highest BCUT2D eigenvalue weighted by molar-refractivity contribution is 7.19. The Kier molecular flexibility index (Phi) is 4.32. The number of hydrogen-bond donors (Lipinski definition) is 1. The minimum absolute atomic E-state index is 0.0140. The van der Waals surface area contributed by atoms with Crippen LogP contribution in [0.5, 0.6) is 0 Å². The number of nitrogens with zero attached hydrogens (tertiary/aromatic N) is 5. The molecule has 10 heteroatoms. The van der Waals surface area contributed by atoms with Gasteiger partial charge in [-0.1, -0.05) is 23.5 Å². The Balaban J connectivity index is 1.61. The smallest absolute Gasteiger partial charge is 0.282 e. The van der Waals surface area contributed by atoms with Crippen molar-refractivity contribution >= 4 is 33.6 Å². The summed E-state index contributed by atoms with van der Waals surface area (Å²) in [5.74, 6) is 0.181. The summed E-state index contributed by atoms with van der Waals surface area (Å²) in [5, 5.41) is 27.2. The molecule has 9 nitrogen and oxygen atoms in total. The van der Waals surface area contributed by atoms with Gasteiger partial charge in [0, 0.05) is 17.3 Å². The first-order chi connectivity index (χ1) is 13.4. The summed E-state index contributed by atoms with van der Waals surface area (Å²) in [6.45, 7) is 3.68. The van der Waals surface area contributed by atoms with E-state index in [0.29, 0.717) is 16.5 Å². The quantitative estimate of drug-likeness (QED) is 0.417. The minimum Gasteiger partial charge on any atom is -0.322 e. The molecule has 4 rings (SSSR count). The summed E-state index contributed by atoms with van der Waals surface area (Å²) in [6, 6.07) is 11.3. The van der Waals surface area contributed by atoms with E-state index in [1.165, 1.54) is 29.5 Å². The third kappa shape index (κ3) is 3.09. The highest BCUT2D eigenvalue weighted by Crippen LogP contribution is 2.29. The summed E-state index contributed by atoms with van der Waals surface area (Å²) in [6.07, 6.45) is 0. The van der Waals surface area contributed by atoms with Gasteiger partial charge in [-0.15, -0.1) is 10.2 Å². The second kappa shape index (κ2) is 6.82. The molecule has 1 N–H and O–H groups in total. The maximum atomic E-state index is 12.5. The molecule has 0 saturated carbocycles. The van der Waals surface area contributed by atoms with Crippen LogP contribution in [0.2, 0.25) is 0 Å². The lowest BCUT2D eigenvalue weighted by atomic mass is 10.1. The Morgan fingerprint density at radius 3 is 2.68 bits per heavy atom. The summed E-state index contributed by atoms with van der Waals surface area (Å²) in [4.78, 5) is 23.8. The number of carbonyl (C=O) groups is 1. The summed E-state index contributed by atoms with van der Waals surface area (Å²) >= 11 is 1.42. The van der Waals surface area contributed by atoms with Crippen LogP contribution < -0.4 is 5.32 Å². The molecule has 2 aromatic heterocycles. The van der Waals surface area contributed by atoms with Gasteiger partial charge in [0.1, 0.15) is 10.6 Å². The molecule has 0 bridgehead atoms. The summed E-state index contributed by atoms with van der Waals surface area (Å²) < 4.78 is 1.68. The van der Waals surface area contributed by atoms with E-state index in [4.69, 9.17) is 0 Å². The number of hydrogen-bond acceptors (Lipinski definition) is 7. The molecule has 0 fully saturated rings. The van der Waals surface area contributed by atoms with E-state index in [1.807, 2.05) is 26.0 Å². The van der Waals surface area contributed by atoms with Crippen molar-refractivity contribution in [2.45, 2.75) is 13.8 Å². The Hall–Kier alpha value is -3.66. The van der Waals surface area contributed by atoms with Crippen LogP contribution in [0.15, 0.2) is 42.5 Å². The van der Waals surface area contributed by atoms with Crippen LogP contribution in [0, 0.1) is 24.0 Å². The van der Waals surface area contributed by atoms with Crippen molar-refractivity contribution in [3.63, 3.8) is 0 Å². The molecule has 1 amide bonds. The van der Waals surface area contributed by atoms with Gasteiger partial charge in [-0.2, -0.15) is 9.61 Å². The van der Waals surface area contributed by atoms with Crippen LogP contribution in [0.25, 0.3) is 15.5 Å². The van der Waals surface area contributed by atoms with Crippen molar-refractivity contribution in [2.75, 3.05) is 5.32 Å². The van der Waals surface area contributed by atoms with Crippen LogP contribution in [-0.4, -0.2) is 30.6 Å². The third-order valence-corrected chi connectivity index (χ3v) is 5.16. The standard InChI is InChI=1S/C18H14N6O3S/c1-10-9-12(17-22-23-11(2)20-21-18(23)28-17)7-8-14(10)19-16(25)13-5-3-4-6-15(13)24(26)27/h3-9H,1-2H3,(H,19,25). The molecule has 0 spiro atoms. The van der Waals surface area contributed by atoms with Gasteiger partial charge in [0.2, 0.25) is 4.96 Å². The molecule has 4 aromatic rings. The van der Waals surface area contributed by atoms with Crippen LogP contribution in [0.3, 0.4) is 0 Å². The first-order valence-electron chi connectivity index (χ1n) is 8.28. The van der Waals surface area contributed by atoms with E-state index in [-0.39, 0.29) is 11.3 Å². The van der Waals surface area contributed by atoms with E-state index >= 15 is 0 Å². The lowest BCUT2D eigenvalue weighted by Crippen LogP contribution is -2.14. The average Bonchev–Trinajstić information content (AvgIpc) is 3.25. The molecule has 0 saturated heterocycles. The molecule has 0 atom stereocenters. The van der Waals surface area contributed by atoms with Crippen LogP contribution >= 0.6 is 11.3 Å². The zero-order valence-electron chi connectivity index (χ0n) is 14.9. The molecule has 0 aliphatic heterocycles. The van der Waals surface area contributed by atoms with Crippen LogP contribution in [0.1, 0.15) is 21.7 Å². The molecule has 0 aliphatic rings. The van der Waals surface area contributed by atoms with Crippen molar-refractivity contribution in [3.05, 3.63) is 69.5 Å². The fourth-order valence-corrected chi connectivity index (χ4v) is 3.66. The number of para-hydroxylation sites is 1. The number of nitrogens with one attached hydrogen (secondary N) is 1. The molecular formula is C18H14N6O3S. The highest BCUT2D eigenvalue weighted by Gasteiger charge is 2.20. The van der Waals surface area contributed by atoms with Crippen molar-refractivity contribution in [1.29, 1.82) is 0 Å². The lowest BCUT2D eigenvalue weighted by molar-refractivity contribution is -0.385. The van der Waals surface area contributed by atoms with Crippen molar-refractivity contribution in [3.8, 4) is 10.6 Å². The number of carbonyl (C=O) groups excluding carboxylic acids is 1. The topological polar surface area (TPSA) is 115 Å². The fourth-order valence-electron chi connectivity index (χ4n) is 2.78. The molecule has 0 aliphatic carbocycles. The maximum absolute atomic E-state index is 12.5. The normalized spacial score (nSPS) is 10.9. The first kappa shape index (κ1) is 17.7. The van der Waals surface area contributed by atoms with E-state index in [0.717, 1.165) is 16.1 Å². The number of anilines is 1. The minimum atomic E-state index is -0.569. The Morgan fingerprint density at radius 1 is 1.18 bits per heavy atom. The van der Waals surface area contributed by atoms with Crippen LogP contribution in [0.4, 0.5) is 11.4 Å². The van der Waals surface area contributed by atoms with Gasteiger partial charge in [0.05, 0.1) is 4.92 Å². The van der Waals surface area contributed by atoms with Gasteiger partial charge < -0.3 is 5.32 Å². The molecule has 2 heterocycles. The Bertz CT molecular complexity index is 1230. The number of amides is 1. The molecule has 0 unspecified atom stereocenters. The molecule has 140 valence electrons. The molecule has 2 aromatic carbocycles. The lowest BCUT2D eigenvalue weighted by Gasteiger charge is -2.10. The van der Waals surface area contributed by atoms with Crippen molar-refractivity contribution < 1.29 is 9.72 Å². The van der Waals surface area contributed by atoms with Gasteiger partial charge in [0.15, 0.2) is 5.82 Å². The molecule has 28 heavy (non-hydrogen) atoms. The number of aryl methyl sites for hydroxylation is 2. The third-order valence-electron chi connectivity index (χ3n) is 4.21. The number of fused-ring (bicyclic) bond motifs is 1. The predicted molar refractivity (Wildman–Crippen MR) is 105 cm³/mol. The second-order valence-corrected chi connectivity index (χ2v) is 7.06. The first-order valence-corrected chi connectivity index (χ1v) is 9.10. The largest absolute Gasteiger partial charge is 0.322 e. The zero-order valence-corrected chi connectivity index (χ0v) is 15.7. The Morgan fingerprint density at radius 2 is 1.96 bits per heavy atom. The van der Waals surface area contributed by atoms with E-state index in [2.05, 4.69) is 20.6 Å². The monoisotopic (exact) mass is 394 g/mol. The maximum Gasteiger partial charge on any atom is 0.282 e. The molecular weight excluding hydrogens is 380 g/mol. The average molecular weight is 394 g/mol. The van der Waals surface area contributed by atoms with Crippen molar-refractivity contribution in [2.24, 2.45) is 0 Å². The van der Waals surface area contributed by atoms with Crippen LogP contribution in [-0.2, 0) is 0 Å². The predicted octanol–water partition coefficient (Wildman–Crippen LogP) is 3.63. The fraction of sp³-hybridized carbons (Fsp3) is 0.111. The zero-order chi connectivity index (χ0) is 19.8. The van der Waals surface area contributed by atoms with Gasteiger partial charge >= 0.3 is 0 Å². The summed E-state index contributed by atoms with van der Waals surface area (Å²) in [7, 11) is 0.